The number of carbonyl (C=O) groups is 4. The maximum absolute atomic E-state index is 13.1. The molecule has 6 atom stereocenters. The van der Waals surface area contributed by atoms with Crippen LogP contribution in [0.4, 0.5) is 0 Å². The molecule has 0 saturated heterocycles. The molecule has 0 aliphatic carbocycles. The van der Waals surface area contributed by atoms with Gasteiger partial charge in [0.25, 0.3) is 0 Å². The second kappa shape index (κ2) is 71.1. The lowest BCUT2D eigenvalue weighted by Gasteiger charge is -2.21. The zero-order valence-corrected chi connectivity index (χ0v) is 65.0. The van der Waals surface area contributed by atoms with Crippen molar-refractivity contribution in [3.05, 3.63) is 0 Å². The minimum absolute atomic E-state index is 0.103. The molecule has 0 fully saturated rings. The van der Waals surface area contributed by atoms with Gasteiger partial charge in [-0.1, -0.05) is 362 Å². The minimum Gasteiger partial charge on any atom is -0.462 e. The van der Waals surface area contributed by atoms with E-state index in [1.54, 1.807) is 0 Å². The van der Waals surface area contributed by atoms with Gasteiger partial charge in [0.2, 0.25) is 0 Å². The maximum atomic E-state index is 13.1. The Balaban J connectivity index is 5.18. The fourth-order valence-corrected chi connectivity index (χ4v) is 13.6. The van der Waals surface area contributed by atoms with Crippen LogP contribution in [-0.2, 0) is 65.4 Å². The van der Waals surface area contributed by atoms with Crippen molar-refractivity contribution in [2.75, 3.05) is 39.6 Å². The topological polar surface area (TPSA) is 237 Å². The molecule has 0 heterocycles. The number of carbonyl (C=O) groups excluding carboxylic acids is 4. The lowest BCUT2D eigenvalue weighted by Crippen LogP contribution is -2.30. The number of hydrogen-bond donors (Lipinski definition) is 3. The molecule has 0 radical (unpaired) electrons. The summed E-state index contributed by atoms with van der Waals surface area (Å²) in [5.74, 6) is -1.40. The lowest BCUT2D eigenvalue weighted by molar-refractivity contribution is -0.161. The number of phosphoric acid groups is 2. The van der Waals surface area contributed by atoms with E-state index in [1.165, 1.54) is 238 Å². The Morgan fingerprint density at radius 2 is 0.495 bits per heavy atom. The van der Waals surface area contributed by atoms with E-state index in [2.05, 4.69) is 34.6 Å². The van der Waals surface area contributed by atoms with Crippen LogP contribution in [0.1, 0.15) is 413 Å². The van der Waals surface area contributed by atoms with E-state index in [4.69, 9.17) is 37.0 Å². The van der Waals surface area contributed by atoms with E-state index < -0.39 is 97.5 Å². The van der Waals surface area contributed by atoms with E-state index in [9.17, 15) is 43.2 Å². The van der Waals surface area contributed by atoms with Gasteiger partial charge in [0.15, 0.2) is 12.2 Å². The fraction of sp³-hybridized carbons (Fsp3) is 0.949. The van der Waals surface area contributed by atoms with Gasteiger partial charge in [-0.25, -0.2) is 9.13 Å². The zero-order chi connectivity index (χ0) is 71.2. The number of rotatable bonds is 78. The van der Waals surface area contributed by atoms with Crippen LogP contribution in [0.3, 0.4) is 0 Å². The van der Waals surface area contributed by atoms with Gasteiger partial charge in [0, 0.05) is 25.7 Å². The van der Waals surface area contributed by atoms with Crippen molar-refractivity contribution in [3.8, 4) is 0 Å². The molecule has 0 saturated carbocycles. The molecule has 3 unspecified atom stereocenters. The smallest absolute Gasteiger partial charge is 0.462 e. The van der Waals surface area contributed by atoms with Gasteiger partial charge in [-0.2, -0.15) is 0 Å². The Morgan fingerprint density at radius 1 is 0.289 bits per heavy atom. The molecule has 0 aliphatic rings. The van der Waals surface area contributed by atoms with E-state index in [0.717, 1.165) is 95.8 Å². The largest absolute Gasteiger partial charge is 0.472 e. The molecule has 0 amide bonds. The molecule has 0 aromatic carbocycles. The molecule has 0 aliphatic heterocycles. The summed E-state index contributed by atoms with van der Waals surface area (Å²) >= 11 is 0. The van der Waals surface area contributed by atoms with Crippen molar-refractivity contribution in [1.29, 1.82) is 0 Å². The Hall–Kier alpha value is -1.94. The van der Waals surface area contributed by atoms with Gasteiger partial charge in [0.05, 0.1) is 26.4 Å². The summed E-state index contributed by atoms with van der Waals surface area (Å²) in [4.78, 5) is 72.8. The van der Waals surface area contributed by atoms with Crippen LogP contribution in [0.5, 0.6) is 0 Å². The Kier molecular flexibility index (Phi) is 69.6. The molecule has 0 spiro atoms. The average Bonchev–Trinajstić information content (AvgIpc) is 1.25. The molecule has 0 rings (SSSR count). The summed E-state index contributed by atoms with van der Waals surface area (Å²) in [6, 6.07) is 0. The van der Waals surface area contributed by atoms with Gasteiger partial charge < -0.3 is 33.8 Å². The SMILES string of the molecule is CCCCCCCCCCCCCCCCCCCCCCCC(=O)O[C@H](COC(=O)CCCCCCCCCCCCCCCCCCC)COP(=O)(O)OC[C@@H](O)COP(=O)(O)OC[C@@H](COC(=O)CCCCCCCCCCC)OC(=O)CCCCCCCCC(C)CC. The van der Waals surface area contributed by atoms with Crippen LogP contribution in [0.2, 0.25) is 0 Å². The van der Waals surface area contributed by atoms with Crippen LogP contribution in [0, 0.1) is 5.92 Å². The molecule has 17 nitrogen and oxygen atoms in total. The third-order valence-corrected chi connectivity index (χ3v) is 20.5. The highest BCUT2D eigenvalue weighted by atomic mass is 31.2. The second-order valence-corrected chi connectivity index (χ2v) is 31.3. The van der Waals surface area contributed by atoms with Crippen molar-refractivity contribution in [2.24, 2.45) is 5.92 Å². The highest BCUT2D eigenvalue weighted by Crippen LogP contribution is 2.45. The van der Waals surface area contributed by atoms with E-state index in [-0.39, 0.29) is 25.7 Å². The first-order valence-corrected chi connectivity index (χ1v) is 43.7. The van der Waals surface area contributed by atoms with Crippen molar-refractivity contribution in [1.82, 2.24) is 0 Å². The van der Waals surface area contributed by atoms with Crippen LogP contribution < -0.4 is 0 Å². The van der Waals surface area contributed by atoms with E-state index in [0.29, 0.717) is 25.7 Å². The maximum Gasteiger partial charge on any atom is 0.472 e. The predicted octanol–water partition coefficient (Wildman–Crippen LogP) is 23.3. The molecular formula is C78H152O17P2. The first kappa shape index (κ1) is 95.1. The molecule has 3 N–H and O–H groups in total. The number of aliphatic hydroxyl groups excluding tert-OH is 1. The monoisotopic (exact) mass is 1420 g/mol. The van der Waals surface area contributed by atoms with Crippen LogP contribution >= 0.6 is 15.6 Å². The summed E-state index contributed by atoms with van der Waals surface area (Å²) < 4.78 is 68.5. The second-order valence-electron chi connectivity index (χ2n) is 28.3. The Labute approximate surface area is 594 Å². The number of phosphoric ester groups is 2. The quantitative estimate of drug-likeness (QED) is 0.0222. The fourth-order valence-electron chi connectivity index (χ4n) is 12.0. The van der Waals surface area contributed by atoms with E-state index >= 15 is 0 Å². The van der Waals surface area contributed by atoms with Gasteiger partial charge in [-0.15, -0.1) is 0 Å². The molecule has 97 heavy (non-hydrogen) atoms. The normalized spacial score (nSPS) is 14.2. The third-order valence-electron chi connectivity index (χ3n) is 18.6. The molecule has 576 valence electrons. The number of unbranched alkanes of at least 4 members (excludes halogenated alkanes) is 49. The van der Waals surface area contributed by atoms with Crippen LogP contribution in [0.25, 0.3) is 0 Å². The summed E-state index contributed by atoms with van der Waals surface area (Å²) in [5, 5.41) is 10.6. The number of esters is 4. The van der Waals surface area contributed by atoms with Crippen molar-refractivity contribution >= 4 is 39.5 Å². The number of hydrogen-bond acceptors (Lipinski definition) is 15. The van der Waals surface area contributed by atoms with Gasteiger partial charge in [0.1, 0.15) is 19.3 Å². The summed E-state index contributed by atoms with van der Waals surface area (Å²) in [6.07, 6.45) is 61.3. The van der Waals surface area contributed by atoms with Crippen LogP contribution in [-0.4, -0.2) is 96.7 Å². The van der Waals surface area contributed by atoms with Crippen molar-refractivity contribution in [3.63, 3.8) is 0 Å². The molecular weight excluding hydrogens is 1270 g/mol. The van der Waals surface area contributed by atoms with Crippen molar-refractivity contribution < 1.29 is 80.2 Å². The lowest BCUT2D eigenvalue weighted by atomic mass is 10.00. The predicted molar refractivity (Wildman–Crippen MR) is 395 cm³/mol. The minimum atomic E-state index is -4.96. The van der Waals surface area contributed by atoms with Crippen molar-refractivity contribution in [2.45, 2.75) is 432 Å². The molecule has 0 bridgehead atoms. The van der Waals surface area contributed by atoms with Gasteiger partial charge >= 0.3 is 39.5 Å². The number of ether oxygens (including phenoxy) is 4. The Morgan fingerprint density at radius 3 is 0.732 bits per heavy atom. The molecule has 0 aromatic rings. The highest BCUT2D eigenvalue weighted by molar-refractivity contribution is 7.47. The zero-order valence-electron chi connectivity index (χ0n) is 63.2. The first-order chi connectivity index (χ1) is 47.1. The van der Waals surface area contributed by atoms with E-state index in [1.807, 2.05) is 0 Å². The van der Waals surface area contributed by atoms with Gasteiger partial charge in [-0.3, -0.25) is 37.3 Å². The average molecular weight is 1420 g/mol. The molecule has 19 heteroatoms. The highest BCUT2D eigenvalue weighted by Gasteiger charge is 2.30. The van der Waals surface area contributed by atoms with Crippen LogP contribution in [0.15, 0.2) is 0 Å². The standard InChI is InChI=1S/C78H152O17P2/c1-6-10-13-16-19-22-24-26-28-30-31-32-33-35-37-39-41-44-47-53-58-63-77(82)94-73(67-89-76(81)62-57-52-46-43-40-38-36-34-29-27-25-23-20-17-14-11-7-2)69-92-96(84,85)90-65-72(79)66-91-97(86,87)93-70-74(68-88-75(80)61-56-51-45-42-21-18-15-12-8-3)95-78(83)64-59-54-49-48-50-55-60-71(5)9-4/h71-74,79H,6-70H2,1-5H3,(H,84,85)(H,86,87)/t71?,72-,73-,74-/m1/s1. The summed E-state index contributed by atoms with van der Waals surface area (Å²) in [7, 11) is -9.91. The molecule has 0 aromatic heterocycles. The summed E-state index contributed by atoms with van der Waals surface area (Å²) in [6.45, 7) is 7.24. The first-order valence-electron chi connectivity index (χ1n) is 40.7. The Bertz CT molecular complexity index is 1860. The number of aliphatic hydroxyl groups is 1. The van der Waals surface area contributed by atoms with Gasteiger partial charge in [-0.05, 0) is 31.6 Å². The summed E-state index contributed by atoms with van der Waals surface area (Å²) in [5.41, 5.74) is 0. The third kappa shape index (κ3) is 70.9.